The van der Waals surface area contributed by atoms with Gasteiger partial charge in [0.2, 0.25) is 0 Å². The van der Waals surface area contributed by atoms with Gasteiger partial charge in [-0.15, -0.1) is 0 Å². The Morgan fingerprint density at radius 3 is 2.70 bits per heavy atom. The highest BCUT2D eigenvalue weighted by molar-refractivity contribution is 7.90. The van der Waals surface area contributed by atoms with Gasteiger partial charge in [0.25, 0.3) is 10.0 Å². The third-order valence-electron chi connectivity index (χ3n) is 5.43. The van der Waals surface area contributed by atoms with Gasteiger partial charge in [-0.1, -0.05) is 31.0 Å². The summed E-state index contributed by atoms with van der Waals surface area (Å²) in [6, 6.07) is 8.57. The van der Waals surface area contributed by atoms with Crippen LogP contribution in [0.4, 0.5) is 4.79 Å². The zero-order valence-electron chi connectivity index (χ0n) is 17.2. The highest BCUT2D eigenvalue weighted by atomic mass is 32.2. The lowest BCUT2D eigenvalue weighted by Gasteiger charge is -2.28. The Labute approximate surface area is 176 Å². The molecular formula is C22H25N3O4S. The Morgan fingerprint density at radius 1 is 1.20 bits per heavy atom. The molecule has 0 bridgehead atoms. The third kappa shape index (κ3) is 3.67. The van der Waals surface area contributed by atoms with Crippen molar-refractivity contribution in [2.24, 2.45) is 0 Å². The highest BCUT2D eigenvalue weighted by Crippen LogP contribution is 2.29. The minimum Gasteiger partial charge on any atom is -0.449 e. The summed E-state index contributed by atoms with van der Waals surface area (Å²) in [6.45, 7) is 5.34. The first-order valence-electron chi connectivity index (χ1n) is 10.1. The van der Waals surface area contributed by atoms with Crippen LogP contribution in [0, 0.1) is 6.92 Å². The molecule has 158 valence electrons. The SMILES string of the molecule is CCCCOC(=O)N1CCc2c(cnc3c2ccn3S(=O)(=O)c2ccc(C)cc2)C1. The van der Waals surface area contributed by atoms with Crippen molar-refractivity contribution in [3.8, 4) is 0 Å². The van der Waals surface area contributed by atoms with E-state index in [0.29, 0.717) is 31.8 Å². The number of unbranched alkanes of at least 4 members (excludes halogenated alkanes) is 1. The molecule has 8 heteroatoms. The molecule has 0 atom stereocenters. The second-order valence-corrected chi connectivity index (χ2v) is 9.38. The minimum atomic E-state index is -3.73. The molecule has 0 unspecified atom stereocenters. The number of aryl methyl sites for hydroxylation is 1. The van der Waals surface area contributed by atoms with E-state index < -0.39 is 10.0 Å². The molecule has 3 aromatic rings. The molecule has 4 rings (SSSR count). The lowest BCUT2D eigenvalue weighted by molar-refractivity contribution is 0.0967. The van der Waals surface area contributed by atoms with Gasteiger partial charge in [-0.25, -0.2) is 22.2 Å². The first-order chi connectivity index (χ1) is 14.4. The van der Waals surface area contributed by atoms with Crippen molar-refractivity contribution in [1.29, 1.82) is 0 Å². The zero-order chi connectivity index (χ0) is 21.3. The topological polar surface area (TPSA) is 81.5 Å². The Morgan fingerprint density at radius 2 is 1.97 bits per heavy atom. The van der Waals surface area contributed by atoms with Crippen LogP contribution >= 0.6 is 0 Å². The van der Waals surface area contributed by atoms with Crippen LogP contribution in [0.5, 0.6) is 0 Å². The molecule has 0 aliphatic carbocycles. The van der Waals surface area contributed by atoms with E-state index in [1.165, 1.54) is 3.97 Å². The first kappa shape index (κ1) is 20.4. The van der Waals surface area contributed by atoms with Crippen LogP contribution in [0.1, 0.15) is 36.5 Å². The second kappa shape index (κ2) is 8.10. The standard InChI is InChI=1S/C22H25N3O4S/c1-3-4-13-29-22(26)24-11-9-19-17(15-24)14-23-21-20(19)10-12-25(21)30(27,28)18-7-5-16(2)6-8-18/h5-8,10,12,14H,3-4,9,11,13,15H2,1-2H3. The molecule has 3 heterocycles. The average molecular weight is 428 g/mol. The molecule has 30 heavy (non-hydrogen) atoms. The van der Waals surface area contributed by atoms with Crippen molar-refractivity contribution in [2.45, 2.75) is 44.6 Å². The Kier molecular flexibility index (Phi) is 5.51. The van der Waals surface area contributed by atoms with Crippen molar-refractivity contribution in [1.82, 2.24) is 13.9 Å². The number of fused-ring (bicyclic) bond motifs is 3. The highest BCUT2D eigenvalue weighted by Gasteiger charge is 2.26. The summed E-state index contributed by atoms with van der Waals surface area (Å²) in [6.07, 6.45) is 5.37. The van der Waals surface area contributed by atoms with E-state index in [2.05, 4.69) is 4.98 Å². The third-order valence-corrected chi connectivity index (χ3v) is 7.11. The molecule has 0 fully saturated rings. The van der Waals surface area contributed by atoms with E-state index in [1.54, 1.807) is 47.6 Å². The van der Waals surface area contributed by atoms with Crippen LogP contribution in [0.3, 0.4) is 0 Å². The normalized spacial score (nSPS) is 14.0. The van der Waals surface area contributed by atoms with Gasteiger partial charge >= 0.3 is 6.09 Å². The molecule has 7 nitrogen and oxygen atoms in total. The number of pyridine rings is 1. The van der Waals surface area contributed by atoms with Gasteiger partial charge < -0.3 is 9.64 Å². The summed E-state index contributed by atoms with van der Waals surface area (Å²) in [5.41, 5.74) is 3.37. The predicted molar refractivity (Wildman–Crippen MR) is 114 cm³/mol. The van der Waals surface area contributed by atoms with Crippen molar-refractivity contribution >= 4 is 27.1 Å². The van der Waals surface area contributed by atoms with Crippen LogP contribution in [-0.2, 0) is 27.7 Å². The van der Waals surface area contributed by atoms with Crippen LogP contribution in [0.2, 0.25) is 0 Å². The van der Waals surface area contributed by atoms with Gasteiger partial charge in [0.05, 0.1) is 18.0 Å². The number of hydrogen-bond acceptors (Lipinski definition) is 5. The second-order valence-electron chi connectivity index (χ2n) is 7.57. The number of carbonyl (C=O) groups is 1. The molecular weight excluding hydrogens is 402 g/mol. The summed E-state index contributed by atoms with van der Waals surface area (Å²) in [4.78, 5) is 18.6. The number of nitrogens with zero attached hydrogens (tertiary/aromatic N) is 3. The van der Waals surface area contributed by atoms with Crippen LogP contribution in [-0.4, -0.2) is 41.5 Å². The Hall–Kier alpha value is -2.87. The summed E-state index contributed by atoms with van der Waals surface area (Å²) in [5, 5.41) is 0.808. The number of amides is 1. The van der Waals surface area contributed by atoms with Gasteiger partial charge in [-0.2, -0.15) is 0 Å². The number of aromatic nitrogens is 2. The van der Waals surface area contributed by atoms with Gasteiger partial charge in [-0.05, 0) is 49.1 Å². The maximum Gasteiger partial charge on any atom is 0.410 e. The van der Waals surface area contributed by atoms with Crippen LogP contribution < -0.4 is 0 Å². The van der Waals surface area contributed by atoms with Crippen LogP contribution in [0.15, 0.2) is 47.6 Å². The monoisotopic (exact) mass is 427 g/mol. The van der Waals surface area contributed by atoms with E-state index in [-0.39, 0.29) is 11.0 Å². The fraction of sp³-hybridized carbons (Fsp3) is 0.364. The molecule has 0 saturated heterocycles. The van der Waals surface area contributed by atoms with Gasteiger partial charge in [0, 0.05) is 24.3 Å². The Balaban J connectivity index is 1.63. The molecule has 0 saturated carbocycles. The predicted octanol–water partition coefficient (Wildman–Crippen LogP) is 3.88. The first-order valence-corrected chi connectivity index (χ1v) is 11.6. The molecule has 0 spiro atoms. The maximum absolute atomic E-state index is 13.1. The van der Waals surface area contributed by atoms with Gasteiger partial charge in [0.15, 0.2) is 5.65 Å². The minimum absolute atomic E-state index is 0.228. The quantitative estimate of drug-likeness (QED) is 0.577. The fourth-order valence-electron chi connectivity index (χ4n) is 3.69. The van der Waals surface area contributed by atoms with E-state index in [4.69, 9.17) is 4.74 Å². The number of ether oxygens (including phenoxy) is 1. The molecule has 1 aliphatic heterocycles. The van der Waals surface area contributed by atoms with E-state index >= 15 is 0 Å². The van der Waals surface area contributed by atoms with Gasteiger partial charge in [0.1, 0.15) is 0 Å². The molecule has 0 N–H and O–H groups in total. The summed E-state index contributed by atoms with van der Waals surface area (Å²) in [5.74, 6) is 0. The molecule has 1 amide bonds. The fourth-order valence-corrected chi connectivity index (χ4v) is 4.99. The number of hydrogen-bond donors (Lipinski definition) is 0. The van der Waals surface area contributed by atoms with E-state index in [9.17, 15) is 13.2 Å². The molecule has 1 aromatic carbocycles. The summed E-state index contributed by atoms with van der Waals surface area (Å²) in [7, 11) is -3.73. The number of benzene rings is 1. The lowest BCUT2D eigenvalue weighted by atomic mass is 9.99. The molecule has 2 aromatic heterocycles. The molecule has 0 radical (unpaired) electrons. The van der Waals surface area contributed by atoms with Gasteiger partial charge in [-0.3, -0.25) is 0 Å². The maximum atomic E-state index is 13.1. The Bertz CT molecular complexity index is 1180. The summed E-state index contributed by atoms with van der Waals surface area (Å²) < 4.78 is 32.8. The lowest BCUT2D eigenvalue weighted by Crippen LogP contribution is -2.36. The molecule has 1 aliphatic rings. The largest absolute Gasteiger partial charge is 0.449 e. The van der Waals surface area contributed by atoms with E-state index in [1.807, 2.05) is 13.8 Å². The van der Waals surface area contributed by atoms with Crippen LogP contribution in [0.25, 0.3) is 11.0 Å². The van der Waals surface area contributed by atoms with Crippen molar-refractivity contribution in [2.75, 3.05) is 13.2 Å². The summed E-state index contributed by atoms with van der Waals surface area (Å²) >= 11 is 0. The smallest absolute Gasteiger partial charge is 0.410 e. The number of carbonyl (C=O) groups excluding carboxylic acids is 1. The number of rotatable bonds is 5. The van der Waals surface area contributed by atoms with Crippen molar-refractivity contribution in [3.63, 3.8) is 0 Å². The van der Waals surface area contributed by atoms with Crippen molar-refractivity contribution < 1.29 is 17.9 Å². The van der Waals surface area contributed by atoms with Crippen molar-refractivity contribution in [3.05, 3.63) is 59.4 Å². The average Bonchev–Trinajstić information content (AvgIpc) is 3.19. The zero-order valence-corrected chi connectivity index (χ0v) is 18.0. The van der Waals surface area contributed by atoms with E-state index in [0.717, 1.165) is 34.9 Å².